The monoisotopic (exact) mass is 406 g/mol. The molecule has 1 N–H and O–H groups in total. The zero-order valence-corrected chi connectivity index (χ0v) is 17.8. The topological polar surface area (TPSA) is 68.1 Å². The molecule has 0 unspecified atom stereocenters. The fraction of sp³-hybridized carbons (Fsp3) is 0.522. The van der Waals surface area contributed by atoms with Crippen molar-refractivity contribution in [3.8, 4) is 11.1 Å². The molecule has 7 heteroatoms. The summed E-state index contributed by atoms with van der Waals surface area (Å²) in [5.74, 6) is 0.957. The van der Waals surface area contributed by atoms with Crippen LogP contribution in [0.25, 0.3) is 22.0 Å². The van der Waals surface area contributed by atoms with E-state index in [0.29, 0.717) is 12.1 Å². The Morgan fingerprint density at radius 3 is 2.60 bits per heavy atom. The van der Waals surface area contributed by atoms with Crippen LogP contribution in [-0.4, -0.2) is 63.0 Å². The Kier molecular flexibility index (Phi) is 5.39. The number of nitrogens with one attached hydrogen (secondary N) is 1. The minimum atomic E-state index is 0.460. The SMILES string of the molecule is Cc1c(-c2cnn(C)c2)ccc2ncnc(NC3CCC(N4CCOCC4)CC3)c12. The van der Waals surface area contributed by atoms with E-state index in [9.17, 15) is 0 Å². The first-order valence-electron chi connectivity index (χ1n) is 11.0. The van der Waals surface area contributed by atoms with Crippen molar-refractivity contribution >= 4 is 16.7 Å². The van der Waals surface area contributed by atoms with Crippen molar-refractivity contribution in [1.29, 1.82) is 0 Å². The lowest BCUT2D eigenvalue weighted by molar-refractivity contribution is 0.00791. The molecule has 5 rings (SSSR count). The Hall–Kier alpha value is -2.51. The Balaban J connectivity index is 1.36. The quantitative estimate of drug-likeness (QED) is 0.716. The molecule has 1 aliphatic carbocycles. The van der Waals surface area contributed by atoms with Crippen LogP contribution in [0.3, 0.4) is 0 Å². The van der Waals surface area contributed by atoms with Crippen molar-refractivity contribution in [2.24, 2.45) is 7.05 Å². The van der Waals surface area contributed by atoms with E-state index >= 15 is 0 Å². The molecule has 1 aliphatic heterocycles. The highest BCUT2D eigenvalue weighted by molar-refractivity contribution is 5.96. The Morgan fingerprint density at radius 1 is 1.07 bits per heavy atom. The zero-order chi connectivity index (χ0) is 20.5. The van der Waals surface area contributed by atoms with Crippen LogP contribution in [0.15, 0.2) is 30.9 Å². The summed E-state index contributed by atoms with van der Waals surface area (Å²) in [6.07, 6.45) is 10.5. The molecule has 0 amide bonds. The number of aryl methyl sites for hydroxylation is 2. The number of benzene rings is 1. The normalized spacial score (nSPS) is 23.0. The van der Waals surface area contributed by atoms with E-state index in [2.05, 4.69) is 50.5 Å². The van der Waals surface area contributed by atoms with Gasteiger partial charge >= 0.3 is 0 Å². The second kappa shape index (κ2) is 8.32. The van der Waals surface area contributed by atoms with Gasteiger partial charge in [-0.25, -0.2) is 9.97 Å². The van der Waals surface area contributed by atoms with E-state index in [1.807, 2.05) is 17.9 Å². The number of ether oxygens (including phenoxy) is 1. The number of fused-ring (bicyclic) bond motifs is 1. The van der Waals surface area contributed by atoms with Crippen LogP contribution in [0.1, 0.15) is 31.2 Å². The minimum absolute atomic E-state index is 0.460. The highest BCUT2D eigenvalue weighted by atomic mass is 16.5. The van der Waals surface area contributed by atoms with Crippen LogP contribution in [0.2, 0.25) is 0 Å². The molecule has 0 radical (unpaired) electrons. The van der Waals surface area contributed by atoms with Gasteiger partial charge in [0.25, 0.3) is 0 Å². The Bertz CT molecular complexity index is 1020. The van der Waals surface area contributed by atoms with E-state index < -0.39 is 0 Å². The third-order valence-electron chi connectivity index (χ3n) is 6.68. The standard InChI is InChI=1S/C23H30N6O/c1-16-20(17-13-26-28(2)14-17)7-8-21-22(16)23(25-15-24-21)27-18-3-5-19(6-4-18)29-9-11-30-12-10-29/h7-8,13-15,18-19H,3-6,9-12H2,1-2H3,(H,24,25,27). The molecule has 30 heavy (non-hydrogen) atoms. The van der Waals surface area contributed by atoms with Crippen molar-refractivity contribution in [3.05, 3.63) is 36.4 Å². The van der Waals surface area contributed by atoms with Gasteiger partial charge < -0.3 is 10.1 Å². The molecule has 1 saturated carbocycles. The molecule has 3 aromatic rings. The summed E-state index contributed by atoms with van der Waals surface area (Å²) >= 11 is 0. The molecule has 7 nitrogen and oxygen atoms in total. The van der Waals surface area contributed by atoms with Crippen molar-refractivity contribution in [3.63, 3.8) is 0 Å². The lowest BCUT2D eigenvalue weighted by Gasteiger charge is -2.39. The molecule has 2 fully saturated rings. The number of hydrogen-bond acceptors (Lipinski definition) is 6. The summed E-state index contributed by atoms with van der Waals surface area (Å²) in [6.45, 7) is 6.08. The first kappa shape index (κ1) is 19.5. The molecular weight excluding hydrogens is 376 g/mol. The fourth-order valence-corrected chi connectivity index (χ4v) is 5.02. The molecule has 0 bridgehead atoms. The van der Waals surface area contributed by atoms with E-state index in [4.69, 9.17) is 4.74 Å². The van der Waals surface area contributed by atoms with Crippen LogP contribution in [-0.2, 0) is 11.8 Å². The summed E-state index contributed by atoms with van der Waals surface area (Å²) in [5, 5.41) is 9.21. The lowest BCUT2D eigenvalue weighted by atomic mass is 9.89. The molecule has 1 saturated heterocycles. The molecule has 3 heterocycles. The maximum atomic E-state index is 5.51. The molecule has 158 valence electrons. The molecule has 0 spiro atoms. The molecule has 1 aromatic carbocycles. The Labute approximate surface area is 177 Å². The van der Waals surface area contributed by atoms with E-state index in [0.717, 1.165) is 48.6 Å². The van der Waals surface area contributed by atoms with Gasteiger partial charge in [0.05, 0.1) is 24.9 Å². The Morgan fingerprint density at radius 2 is 1.87 bits per heavy atom. The van der Waals surface area contributed by atoms with Crippen LogP contribution < -0.4 is 5.32 Å². The summed E-state index contributed by atoms with van der Waals surface area (Å²) in [6, 6.07) is 5.39. The molecule has 2 aromatic heterocycles. The number of morpholine rings is 1. The first-order chi connectivity index (χ1) is 14.7. The average Bonchev–Trinajstić information content (AvgIpc) is 3.21. The second-order valence-electron chi connectivity index (χ2n) is 8.56. The summed E-state index contributed by atoms with van der Waals surface area (Å²) in [7, 11) is 1.95. The van der Waals surface area contributed by atoms with Crippen LogP contribution >= 0.6 is 0 Å². The molecular formula is C23H30N6O. The van der Waals surface area contributed by atoms with E-state index in [-0.39, 0.29) is 0 Å². The van der Waals surface area contributed by atoms with Gasteiger partial charge in [0.2, 0.25) is 0 Å². The summed E-state index contributed by atoms with van der Waals surface area (Å²) in [4.78, 5) is 11.8. The third-order valence-corrected chi connectivity index (χ3v) is 6.68. The van der Waals surface area contributed by atoms with Gasteiger partial charge in [-0.1, -0.05) is 6.07 Å². The summed E-state index contributed by atoms with van der Waals surface area (Å²) in [5.41, 5.74) is 4.49. The van der Waals surface area contributed by atoms with Gasteiger partial charge in [-0.2, -0.15) is 5.10 Å². The van der Waals surface area contributed by atoms with Crippen LogP contribution in [0.4, 0.5) is 5.82 Å². The van der Waals surface area contributed by atoms with Crippen molar-refractivity contribution < 1.29 is 4.74 Å². The average molecular weight is 407 g/mol. The highest BCUT2D eigenvalue weighted by Gasteiger charge is 2.27. The van der Waals surface area contributed by atoms with Gasteiger partial charge in [0, 0.05) is 49.4 Å². The summed E-state index contributed by atoms with van der Waals surface area (Å²) < 4.78 is 7.35. The van der Waals surface area contributed by atoms with Gasteiger partial charge in [-0.3, -0.25) is 9.58 Å². The number of aromatic nitrogens is 4. The lowest BCUT2D eigenvalue weighted by Crippen LogP contribution is -2.46. The van der Waals surface area contributed by atoms with Gasteiger partial charge in [0.1, 0.15) is 12.1 Å². The third kappa shape index (κ3) is 3.79. The molecule has 0 atom stereocenters. The second-order valence-corrected chi connectivity index (χ2v) is 8.56. The first-order valence-corrected chi connectivity index (χ1v) is 11.0. The molecule has 2 aliphatic rings. The van der Waals surface area contributed by atoms with Crippen molar-refractivity contribution in [1.82, 2.24) is 24.6 Å². The highest BCUT2D eigenvalue weighted by Crippen LogP contribution is 2.33. The maximum Gasteiger partial charge on any atom is 0.137 e. The number of anilines is 1. The van der Waals surface area contributed by atoms with Crippen LogP contribution in [0, 0.1) is 6.92 Å². The van der Waals surface area contributed by atoms with Crippen molar-refractivity contribution in [2.75, 3.05) is 31.6 Å². The van der Waals surface area contributed by atoms with Crippen LogP contribution in [0.5, 0.6) is 0 Å². The number of rotatable bonds is 4. The maximum absolute atomic E-state index is 5.51. The van der Waals surface area contributed by atoms with E-state index in [1.165, 1.54) is 36.8 Å². The van der Waals surface area contributed by atoms with Crippen molar-refractivity contribution in [2.45, 2.75) is 44.7 Å². The van der Waals surface area contributed by atoms with Gasteiger partial charge in [0.15, 0.2) is 0 Å². The fourth-order valence-electron chi connectivity index (χ4n) is 5.02. The smallest absolute Gasteiger partial charge is 0.137 e. The predicted octanol–water partition coefficient (Wildman–Crippen LogP) is 3.39. The van der Waals surface area contributed by atoms with E-state index in [1.54, 1.807) is 6.33 Å². The van der Waals surface area contributed by atoms with Gasteiger partial charge in [-0.05, 0) is 49.8 Å². The zero-order valence-electron chi connectivity index (χ0n) is 17.8. The van der Waals surface area contributed by atoms with Gasteiger partial charge in [-0.15, -0.1) is 0 Å². The number of hydrogen-bond donors (Lipinski definition) is 1. The largest absolute Gasteiger partial charge is 0.379 e. The predicted molar refractivity (Wildman–Crippen MR) is 119 cm³/mol. The number of nitrogens with zero attached hydrogens (tertiary/aromatic N) is 5. The minimum Gasteiger partial charge on any atom is -0.379 e.